The molecule has 2 amide bonds. The first kappa shape index (κ1) is 16.8. The van der Waals surface area contributed by atoms with Gasteiger partial charge in [-0.1, -0.05) is 27.7 Å². The number of urea groups is 1. The standard InChI is InChI=1S/C15H28N2O3/c1-5-15(12(18)19)7-6-10-17(11-15)13(20)16-9-8-14(2,3)4/h5-11H2,1-4H3,(H,16,20)(H,18,19). The van der Waals surface area contributed by atoms with Gasteiger partial charge in [-0.25, -0.2) is 4.79 Å². The van der Waals surface area contributed by atoms with Crippen molar-refractivity contribution in [3.63, 3.8) is 0 Å². The third-order valence-corrected chi connectivity index (χ3v) is 4.15. The summed E-state index contributed by atoms with van der Waals surface area (Å²) in [5, 5.41) is 12.3. The van der Waals surface area contributed by atoms with Crippen molar-refractivity contribution in [1.82, 2.24) is 10.2 Å². The van der Waals surface area contributed by atoms with Crippen LogP contribution in [0.4, 0.5) is 4.79 Å². The maximum absolute atomic E-state index is 12.1. The Bertz CT molecular complexity index is 363. The van der Waals surface area contributed by atoms with E-state index in [0.29, 0.717) is 32.5 Å². The van der Waals surface area contributed by atoms with E-state index in [0.717, 1.165) is 12.8 Å². The zero-order valence-corrected chi connectivity index (χ0v) is 13.2. The highest BCUT2D eigenvalue weighted by molar-refractivity contribution is 5.78. The van der Waals surface area contributed by atoms with Crippen LogP contribution in [0.5, 0.6) is 0 Å². The lowest BCUT2D eigenvalue weighted by Crippen LogP contribution is -2.52. The van der Waals surface area contributed by atoms with Crippen LogP contribution in [0.15, 0.2) is 0 Å². The maximum Gasteiger partial charge on any atom is 0.317 e. The van der Waals surface area contributed by atoms with Gasteiger partial charge in [0.2, 0.25) is 0 Å². The summed E-state index contributed by atoms with van der Waals surface area (Å²) in [5.41, 5.74) is -0.580. The maximum atomic E-state index is 12.1. The predicted molar refractivity (Wildman–Crippen MR) is 78.6 cm³/mol. The highest BCUT2D eigenvalue weighted by Gasteiger charge is 2.42. The molecule has 1 heterocycles. The number of nitrogens with zero attached hydrogens (tertiary/aromatic N) is 1. The molecule has 0 bridgehead atoms. The number of piperidine rings is 1. The molecule has 1 aliphatic rings. The van der Waals surface area contributed by atoms with Crippen molar-refractivity contribution in [1.29, 1.82) is 0 Å². The summed E-state index contributed by atoms with van der Waals surface area (Å²) in [6.07, 6.45) is 2.88. The second-order valence-electron chi connectivity index (χ2n) is 7.01. The third kappa shape index (κ3) is 4.39. The van der Waals surface area contributed by atoms with Crippen LogP contribution in [0.3, 0.4) is 0 Å². The van der Waals surface area contributed by atoms with Gasteiger partial charge in [0.15, 0.2) is 0 Å². The summed E-state index contributed by atoms with van der Waals surface area (Å²) in [4.78, 5) is 25.3. The molecule has 0 aromatic rings. The number of carbonyl (C=O) groups excluding carboxylic acids is 1. The van der Waals surface area contributed by atoms with Crippen LogP contribution in [0.2, 0.25) is 0 Å². The number of hydrogen-bond acceptors (Lipinski definition) is 2. The van der Waals surface area contributed by atoms with Crippen LogP contribution in [0.1, 0.15) is 53.4 Å². The predicted octanol–water partition coefficient (Wildman–Crippen LogP) is 2.71. The molecule has 0 aliphatic carbocycles. The SMILES string of the molecule is CCC1(C(=O)O)CCCN(C(=O)NCCC(C)(C)C)C1. The normalized spacial score (nSPS) is 23.5. The summed E-state index contributed by atoms with van der Waals surface area (Å²) in [7, 11) is 0. The summed E-state index contributed by atoms with van der Waals surface area (Å²) < 4.78 is 0. The van der Waals surface area contributed by atoms with Gasteiger partial charge in [-0.15, -0.1) is 0 Å². The van der Waals surface area contributed by atoms with Crippen molar-refractivity contribution in [2.24, 2.45) is 10.8 Å². The Labute approximate surface area is 121 Å². The van der Waals surface area contributed by atoms with Gasteiger partial charge >= 0.3 is 12.0 Å². The molecule has 0 spiro atoms. The third-order valence-electron chi connectivity index (χ3n) is 4.15. The van der Waals surface area contributed by atoms with Crippen molar-refractivity contribution >= 4 is 12.0 Å². The van der Waals surface area contributed by atoms with Crippen LogP contribution in [0.25, 0.3) is 0 Å². The lowest BCUT2D eigenvalue weighted by molar-refractivity contribution is -0.152. The molecule has 1 rings (SSSR count). The Balaban J connectivity index is 2.54. The molecule has 0 aromatic carbocycles. The molecule has 0 radical (unpaired) electrons. The Morgan fingerprint density at radius 3 is 2.50 bits per heavy atom. The van der Waals surface area contributed by atoms with Gasteiger partial charge in [0.05, 0.1) is 5.41 Å². The molecule has 1 unspecified atom stereocenters. The lowest BCUT2D eigenvalue weighted by atomic mass is 9.78. The molecule has 0 saturated carbocycles. The molecule has 5 nitrogen and oxygen atoms in total. The van der Waals surface area contributed by atoms with Gasteiger partial charge in [-0.3, -0.25) is 4.79 Å². The first-order valence-electron chi connectivity index (χ1n) is 7.46. The summed E-state index contributed by atoms with van der Waals surface area (Å²) in [6.45, 7) is 9.88. The number of likely N-dealkylation sites (tertiary alicyclic amines) is 1. The van der Waals surface area contributed by atoms with E-state index in [1.54, 1.807) is 4.90 Å². The number of carboxylic acid groups (broad SMARTS) is 1. The fourth-order valence-corrected chi connectivity index (χ4v) is 2.58. The molecule has 5 heteroatoms. The minimum Gasteiger partial charge on any atom is -0.481 e. The van der Waals surface area contributed by atoms with E-state index in [1.165, 1.54) is 0 Å². The van der Waals surface area contributed by atoms with Crippen molar-refractivity contribution in [2.45, 2.75) is 53.4 Å². The highest BCUT2D eigenvalue weighted by atomic mass is 16.4. The molecule has 2 N–H and O–H groups in total. The Kier molecular flexibility index (Phi) is 5.42. The van der Waals surface area contributed by atoms with Gasteiger partial charge in [-0.05, 0) is 31.1 Å². The zero-order valence-electron chi connectivity index (χ0n) is 13.2. The second-order valence-corrected chi connectivity index (χ2v) is 7.01. The van der Waals surface area contributed by atoms with Crippen LogP contribution < -0.4 is 5.32 Å². The second kappa shape index (κ2) is 6.46. The average Bonchev–Trinajstić information content (AvgIpc) is 2.36. The van der Waals surface area contributed by atoms with Crippen molar-refractivity contribution in [2.75, 3.05) is 19.6 Å². The molecule has 20 heavy (non-hydrogen) atoms. The first-order chi connectivity index (χ1) is 9.20. The number of nitrogens with one attached hydrogen (secondary N) is 1. The fourth-order valence-electron chi connectivity index (χ4n) is 2.58. The summed E-state index contributed by atoms with van der Waals surface area (Å²) in [5.74, 6) is -0.785. The van der Waals surface area contributed by atoms with Crippen LogP contribution in [0, 0.1) is 10.8 Å². The number of rotatable bonds is 4. The van der Waals surface area contributed by atoms with Crippen molar-refractivity contribution in [3.05, 3.63) is 0 Å². The van der Waals surface area contributed by atoms with E-state index in [4.69, 9.17) is 0 Å². The molecule has 1 atom stereocenters. The van der Waals surface area contributed by atoms with Gasteiger partial charge in [0, 0.05) is 19.6 Å². The number of aliphatic carboxylic acids is 1. The van der Waals surface area contributed by atoms with Crippen molar-refractivity contribution < 1.29 is 14.7 Å². The van der Waals surface area contributed by atoms with Gasteiger partial charge < -0.3 is 15.3 Å². The molecule has 1 aliphatic heterocycles. The number of hydrogen-bond donors (Lipinski definition) is 2. The van der Waals surface area contributed by atoms with Crippen LogP contribution in [-0.2, 0) is 4.79 Å². The fraction of sp³-hybridized carbons (Fsp3) is 0.867. The molecular weight excluding hydrogens is 256 g/mol. The topological polar surface area (TPSA) is 69.6 Å². The van der Waals surface area contributed by atoms with E-state index in [1.807, 2.05) is 6.92 Å². The largest absolute Gasteiger partial charge is 0.481 e. The van der Waals surface area contributed by atoms with Gasteiger partial charge in [0.25, 0.3) is 0 Å². The van der Waals surface area contributed by atoms with E-state index < -0.39 is 11.4 Å². The van der Waals surface area contributed by atoms with Crippen molar-refractivity contribution in [3.8, 4) is 0 Å². The van der Waals surface area contributed by atoms with Gasteiger partial charge in [-0.2, -0.15) is 0 Å². The highest BCUT2D eigenvalue weighted by Crippen LogP contribution is 2.33. The average molecular weight is 284 g/mol. The summed E-state index contributed by atoms with van der Waals surface area (Å²) in [6, 6.07) is -0.131. The molecular formula is C15H28N2O3. The minimum atomic E-state index is -0.785. The minimum absolute atomic E-state index is 0.131. The molecule has 1 fully saturated rings. The Morgan fingerprint density at radius 1 is 1.35 bits per heavy atom. The van der Waals surface area contributed by atoms with E-state index >= 15 is 0 Å². The number of amides is 2. The lowest BCUT2D eigenvalue weighted by Gasteiger charge is -2.39. The van der Waals surface area contributed by atoms with E-state index in [-0.39, 0.29) is 11.4 Å². The molecule has 116 valence electrons. The Morgan fingerprint density at radius 2 is 2.00 bits per heavy atom. The summed E-state index contributed by atoms with van der Waals surface area (Å²) >= 11 is 0. The van der Waals surface area contributed by atoms with Gasteiger partial charge in [0.1, 0.15) is 0 Å². The molecule has 1 saturated heterocycles. The Hall–Kier alpha value is -1.26. The van der Waals surface area contributed by atoms with E-state index in [2.05, 4.69) is 26.1 Å². The monoisotopic (exact) mass is 284 g/mol. The number of carboxylic acids is 1. The van der Waals surface area contributed by atoms with Crippen LogP contribution >= 0.6 is 0 Å². The molecule has 0 aromatic heterocycles. The van der Waals surface area contributed by atoms with Crippen LogP contribution in [-0.4, -0.2) is 41.6 Å². The zero-order chi connectivity index (χ0) is 15.4. The van der Waals surface area contributed by atoms with E-state index in [9.17, 15) is 14.7 Å². The quantitative estimate of drug-likeness (QED) is 0.834. The first-order valence-corrected chi connectivity index (χ1v) is 7.46. The number of carbonyl (C=O) groups is 2. The smallest absolute Gasteiger partial charge is 0.317 e.